The average Bonchev–Trinajstić information content (AvgIpc) is 2.94. The second kappa shape index (κ2) is 5.99. The molecule has 1 N–H and O–H groups in total. The Balaban J connectivity index is 1.70. The Labute approximate surface area is 124 Å². The van der Waals surface area contributed by atoms with Gasteiger partial charge in [0.15, 0.2) is 5.75 Å². The molecule has 1 aromatic rings. The largest absolute Gasteiger partial charge is 0.490 e. The Morgan fingerprint density at radius 3 is 3.00 bits per heavy atom. The van der Waals surface area contributed by atoms with Gasteiger partial charge in [-0.25, -0.2) is 0 Å². The van der Waals surface area contributed by atoms with Crippen LogP contribution in [0.1, 0.15) is 12.0 Å². The third kappa shape index (κ3) is 3.01. The highest BCUT2D eigenvalue weighted by molar-refractivity contribution is 5.48. The molecule has 2 atom stereocenters. The lowest BCUT2D eigenvalue weighted by atomic mass is 9.88. The van der Waals surface area contributed by atoms with E-state index in [0.29, 0.717) is 5.75 Å². The molecule has 114 valence electrons. The van der Waals surface area contributed by atoms with E-state index < -0.39 is 0 Å². The van der Waals surface area contributed by atoms with Crippen LogP contribution in [0.5, 0.6) is 5.75 Å². The van der Waals surface area contributed by atoms with Crippen molar-refractivity contribution in [3.05, 3.63) is 33.9 Å². The number of hydrogen-bond acceptors (Lipinski definition) is 5. The molecule has 21 heavy (non-hydrogen) atoms. The van der Waals surface area contributed by atoms with Crippen LogP contribution in [0.15, 0.2) is 18.2 Å². The number of nitro benzene ring substituents is 1. The van der Waals surface area contributed by atoms with Gasteiger partial charge in [-0.2, -0.15) is 0 Å². The van der Waals surface area contributed by atoms with Crippen molar-refractivity contribution in [2.24, 2.45) is 11.8 Å². The molecular formula is C15H21N3O3. The van der Waals surface area contributed by atoms with E-state index in [9.17, 15) is 10.1 Å². The molecule has 0 bridgehead atoms. The Bertz CT molecular complexity index is 535. The first-order valence-electron chi connectivity index (χ1n) is 7.41. The van der Waals surface area contributed by atoms with E-state index >= 15 is 0 Å². The summed E-state index contributed by atoms with van der Waals surface area (Å²) in [7, 11) is 1.46. The Kier molecular flexibility index (Phi) is 4.07. The quantitative estimate of drug-likeness (QED) is 0.675. The molecule has 3 rings (SSSR count). The second-order valence-corrected chi connectivity index (χ2v) is 5.97. The molecule has 0 radical (unpaired) electrons. The molecule has 0 aromatic heterocycles. The van der Waals surface area contributed by atoms with Gasteiger partial charge in [-0.3, -0.25) is 15.0 Å². The number of fused-ring (bicyclic) bond motifs is 1. The highest BCUT2D eigenvalue weighted by atomic mass is 16.6. The fourth-order valence-electron chi connectivity index (χ4n) is 3.49. The van der Waals surface area contributed by atoms with Crippen molar-refractivity contribution in [3.8, 4) is 5.75 Å². The van der Waals surface area contributed by atoms with E-state index in [4.69, 9.17) is 4.74 Å². The van der Waals surface area contributed by atoms with Crippen LogP contribution in [-0.2, 0) is 6.54 Å². The lowest BCUT2D eigenvalue weighted by Crippen LogP contribution is -2.39. The van der Waals surface area contributed by atoms with Crippen LogP contribution in [0.25, 0.3) is 0 Å². The maximum absolute atomic E-state index is 11.1. The van der Waals surface area contributed by atoms with Gasteiger partial charge >= 0.3 is 5.69 Å². The molecule has 0 aliphatic carbocycles. The molecule has 6 nitrogen and oxygen atoms in total. The minimum atomic E-state index is -0.380. The van der Waals surface area contributed by atoms with Crippen molar-refractivity contribution < 1.29 is 9.66 Å². The summed E-state index contributed by atoms with van der Waals surface area (Å²) in [5.41, 5.74) is 1.03. The number of rotatable bonds is 4. The maximum Gasteiger partial charge on any atom is 0.311 e. The zero-order valence-electron chi connectivity index (χ0n) is 12.2. The van der Waals surface area contributed by atoms with E-state index in [1.165, 1.54) is 13.5 Å². The van der Waals surface area contributed by atoms with Crippen LogP contribution in [0.3, 0.4) is 0 Å². The van der Waals surface area contributed by atoms with Crippen molar-refractivity contribution in [3.63, 3.8) is 0 Å². The van der Waals surface area contributed by atoms with Crippen molar-refractivity contribution in [1.29, 1.82) is 0 Å². The van der Waals surface area contributed by atoms with Crippen LogP contribution in [0, 0.1) is 22.0 Å². The van der Waals surface area contributed by atoms with Gasteiger partial charge in [0, 0.05) is 19.2 Å². The smallest absolute Gasteiger partial charge is 0.311 e. The Morgan fingerprint density at radius 1 is 1.43 bits per heavy atom. The molecule has 6 heteroatoms. The van der Waals surface area contributed by atoms with Crippen LogP contribution in [-0.4, -0.2) is 43.1 Å². The number of methoxy groups -OCH3 is 1. The van der Waals surface area contributed by atoms with Crippen molar-refractivity contribution in [2.45, 2.75) is 13.0 Å². The van der Waals surface area contributed by atoms with Gasteiger partial charge in [-0.15, -0.1) is 0 Å². The summed E-state index contributed by atoms with van der Waals surface area (Å²) >= 11 is 0. The van der Waals surface area contributed by atoms with Crippen LogP contribution in [0.2, 0.25) is 0 Å². The van der Waals surface area contributed by atoms with Crippen molar-refractivity contribution in [1.82, 2.24) is 10.2 Å². The van der Waals surface area contributed by atoms with Gasteiger partial charge in [-0.1, -0.05) is 6.07 Å². The average molecular weight is 291 g/mol. The SMILES string of the molecule is COc1ccc(CN2CCC3CNCC3C2)cc1[N+](=O)[O-]. The van der Waals surface area contributed by atoms with Gasteiger partial charge in [0.2, 0.25) is 0 Å². The standard InChI is InChI=1S/C15H21N3O3/c1-21-15-3-2-11(6-14(15)18(19)20)9-17-5-4-12-7-16-8-13(12)10-17/h2-3,6,12-13,16H,4-5,7-10H2,1H3. The lowest BCUT2D eigenvalue weighted by Gasteiger charge is -2.34. The zero-order valence-corrected chi connectivity index (χ0v) is 12.2. The summed E-state index contributed by atoms with van der Waals surface area (Å²) in [6.45, 7) is 5.17. The molecule has 0 amide bonds. The summed E-state index contributed by atoms with van der Waals surface area (Å²) in [4.78, 5) is 13.1. The monoisotopic (exact) mass is 291 g/mol. The Hall–Kier alpha value is -1.66. The maximum atomic E-state index is 11.1. The first kappa shape index (κ1) is 14.3. The Morgan fingerprint density at radius 2 is 2.24 bits per heavy atom. The van der Waals surface area contributed by atoms with E-state index in [1.807, 2.05) is 6.07 Å². The van der Waals surface area contributed by atoms with Crippen LogP contribution < -0.4 is 10.1 Å². The molecule has 0 saturated carbocycles. The van der Waals surface area contributed by atoms with E-state index in [-0.39, 0.29) is 10.6 Å². The fourth-order valence-corrected chi connectivity index (χ4v) is 3.49. The first-order valence-corrected chi connectivity index (χ1v) is 7.41. The number of ether oxygens (including phenoxy) is 1. The van der Waals surface area contributed by atoms with Crippen molar-refractivity contribution >= 4 is 5.69 Å². The zero-order chi connectivity index (χ0) is 14.8. The first-order chi connectivity index (χ1) is 10.2. The number of piperidine rings is 1. The molecule has 0 spiro atoms. The predicted molar refractivity (Wildman–Crippen MR) is 79.4 cm³/mol. The molecule has 2 fully saturated rings. The summed E-state index contributed by atoms with van der Waals surface area (Å²) in [5.74, 6) is 1.86. The van der Waals surface area contributed by atoms with E-state index in [2.05, 4.69) is 10.2 Å². The molecule has 2 aliphatic heterocycles. The topological polar surface area (TPSA) is 67.6 Å². The van der Waals surface area contributed by atoms with Crippen LogP contribution in [0.4, 0.5) is 5.69 Å². The predicted octanol–water partition coefficient (Wildman–Crippen LogP) is 1.64. The number of benzene rings is 1. The van der Waals surface area contributed by atoms with E-state index in [0.717, 1.165) is 50.1 Å². The molecule has 2 unspecified atom stereocenters. The normalized spacial score (nSPS) is 25.6. The summed E-state index contributed by atoms with van der Waals surface area (Å²) in [6.07, 6.45) is 1.22. The molecule has 2 saturated heterocycles. The second-order valence-electron chi connectivity index (χ2n) is 5.97. The number of nitrogens with zero attached hydrogens (tertiary/aromatic N) is 2. The van der Waals surface area contributed by atoms with Gasteiger partial charge in [0.25, 0.3) is 0 Å². The third-order valence-corrected chi connectivity index (χ3v) is 4.63. The van der Waals surface area contributed by atoms with Crippen molar-refractivity contribution in [2.75, 3.05) is 33.3 Å². The van der Waals surface area contributed by atoms with Gasteiger partial charge < -0.3 is 10.1 Å². The van der Waals surface area contributed by atoms with Gasteiger partial charge in [-0.05, 0) is 49.5 Å². The van der Waals surface area contributed by atoms with Gasteiger partial charge in [0.1, 0.15) is 0 Å². The third-order valence-electron chi connectivity index (χ3n) is 4.63. The molecule has 1 aromatic carbocycles. The highest BCUT2D eigenvalue weighted by Gasteiger charge is 2.32. The minimum Gasteiger partial charge on any atom is -0.490 e. The minimum absolute atomic E-state index is 0.0485. The summed E-state index contributed by atoms with van der Waals surface area (Å²) < 4.78 is 5.04. The number of nitro groups is 1. The van der Waals surface area contributed by atoms with Gasteiger partial charge in [0.05, 0.1) is 12.0 Å². The molecular weight excluding hydrogens is 270 g/mol. The molecule has 2 aliphatic rings. The fraction of sp³-hybridized carbons (Fsp3) is 0.600. The molecule has 2 heterocycles. The number of hydrogen-bond donors (Lipinski definition) is 1. The van der Waals surface area contributed by atoms with E-state index in [1.54, 1.807) is 12.1 Å². The highest BCUT2D eigenvalue weighted by Crippen LogP contribution is 2.30. The summed E-state index contributed by atoms with van der Waals surface area (Å²) in [5, 5.41) is 14.5. The number of likely N-dealkylation sites (tertiary alicyclic amines) is 1. The van der Waals surface area contributed by atoms with Crippen LogP contribution >= 0.6 is 0 Å². The number of nitrogens with one attached hydrogen (secondary N) is 1. The summed E-state index contributed by atoms with van der Waals surface area (Å²) in [6, 6.07) is 5.25. The lowest BCUT2D eigenvalue weighted by molar-refractivity contribution is -0.385.